The minimum Gasteiger partial charge on any atom is -0.497 e. The molecule has 3 aromatic rings. The quantitative estimate of drug-likeness (QED) is 0.612. The average Bonchev–Trinajstić information content (AvgIpc) is 3.35. The Morgan fingerprint density at radius 1 is 1.30 bits per heavy atom. The Labute approximate surface area is 174 Å². The van der Waals surface area contributed by atoms with Crippen molar-refractivity contribution in [2.75, 3.05) is 19.5 Å². The fourth-order valence-electron chi connectivity index (χ4n) is 4.05. The van der Waals surface area contributed by atoms with Crippen LogP contribution < -0.4 is 14.8 Å². The maximum absolute atomic E-state index is 11.8. The number of hydrogen-bond acceptors (Lipinski definition) is 5. The summed E-state index contributed by atoms with van der Waals surface area (Å²) >= 11 is 0. The topological polar surface area (TPSA) is 94.1 Å². The number of aromatic amines is 1. The first kappa shape index (κ1) is 19.8. The molecule has 1 amide bonds. The van der Waals surface area contributed by atoms with E-state index in [4.69, 9.17) is 9.47 Å². The van der Waals surface area contributed by atoms with E-state index in [2.05, 4.69) is 39.3 Å². The molecule has 0 unspecified atom stereocenters. The predicted octanol–water partition coefficient (Wildman–Crippen LogP) is 3.22. The van der Waals surface area contributed by atoms with Gasteiger partial charge in [-0.3, -0.25) is 14.6 Å². The van der Waals surface area contributed by atoms with Gasteiger partial charge in [0.2, 0.25) is 5.91 Å². The molecule has 0 bridgehead atoms. The van der Waals surface area contributed by atoms with Gasteiger partial charge in [0, 0.05) is 24.4 Å². The van der Waals surface area contributed by atoms with Crippen LogP contribution in [0.3, 0.4) is 0 Å². The van der Waals surface area contributed by atoms with Crippen molar-refractivity contribution < 1.29 is 14.3 Å². The van der Waals surface area contributed by atoms with Crippen molar-refractivity contribution in [2.45, 2.75) is 25.2 Å². The molecule has 0 saturated carbocycles. The molecule has 0 saturated heterocycles. The number of methoxy groups -OCH3 is 2. The van der Waals surface area contributed by atoms with Crippen LogP contribution in [0.2, 0.25) is 0 Å². The highest BCUT2D eigenvalue weighted by Crippen LogP contribution is 2.39. The fourth-order valence-corrected chi connectivity index (χ4v) is 4.05. The molecule has 2 aromatic heterocycles. The predicted molar refractivity (Wildman–Crippen MR) is 114 cm³/mol. The molecule has 1 aliphatic rings. The van der Waals surface area contributed by atoms with Crippen molar-refractivity contribution in [3.8, 4) is 22.9 Å². The molecule has 1 aromatic carbocycles. The van der Waals surface area contributed by atoms with Gasteiger partial charge in [0.05, 0.1) is 26.1 Å². The van der Waals surface area contributed by atoms with E-state index in [1.165, 1.54) is 17.2 Å². The Hall–Kier alpha value is -3.55. The van der Waals surface area contributed by atoms with Gasteiger partial charge in [-0.05, 0) is 49.0 Å². The first-order valence-corrected chi connectivity index (χ1v) is 9.79. The van der Waals surface area contributed by atoms with E-state index >= 15 is 0 Å². The number of hydrogen-bond donors (Lipinski definition) is 2. The molecule has 156 valence electrons. The smallest absolute Gasteiger partial charge is 0.247 e. The normalized spacial score (nSPS) is 15.4. The van der Waals surface area contributed by atoms with E-state index in [0.29, 0.717) is 11.6 Å². The Bertz CT molecular complexity index is 1080. The summed E-state index contributed by atoms with van der Waals surface area (Å²) in [7, 11) is 5.17. The summed E-state index contributed by atoms with van der Waals surface area (Å²) in [4.78, 5) is 11.8. The van der Waals surface area contributed by atoms with E-state index in [1.807, 2.05) is 13.1 Å². The molecule has 0 aliphatic heterocycles. The van der Waals surface area contributed by atoms with E-state index in [0.717, 1.165) is 47.8 Å². The van der Waals surface area contributed by atoms with Crippen molar-refractivity contribution in [3.63, 3.8) is 0 Å². The van der Waals surface area contributed by atoms with Crippen LogP contribution >= 0.6 is 0 Å². The fraction of sp³-hybridized carbons (Fsp3) is 0.318. The Morgan fingerprint density at radius 3 is 2.70 bits per heavy atom. The van der Waals surface area contributed by atoms with Crippen molar-refractivity contribution in [2.24, 2.45) is 7.05 Å². The molecule has 30 heavy (non-hydrogen) atoms. The number of aromatic nitrogens is 4. The standard InChI is InChI=1S/C22H25N5O3/c1-5-20(28)24-19-12-23-27(2)22(19)21-17-7-6-13(10-18(17)25-26-21)14-8-15(29-3)11-16(9-14)30-4/h5,8-9,11-13H,1,6-7,10H2,2-4H3,(H,24,28)(H,25,26)/t13-/m0/s1. The molecular weight excluding hydrogens is 382 g/mol. The Kier molecular flexibility index (Phi) is 5.31. The number of fused-ring (bicyclic) bond motifs is 1. The number of ether oxygens (including phenoxy) is 2. The van der Waals surface area contributed by atoms with E-state index in [9.17, 15) is 4.79 Å². The SMILES string of the molecule is C=CC(=O)Nc1cnn(C)c1-c1n[nH]c2c1CC[C@H](c1cc(OC)cc(OC)c1)C2. The zero-order chi connectivity index (χ0) is 21.3. The first-order chi connectivity index (χ1) is 14.5. The number of rotatable bonds is 6. The molecule has 0 spiro atoms. The Morgan fingerprint density at radius 2 is 2.03 bits per heavy atom. The van der Waals surface area contributed by atoms with Gasteiger partial charge in [0.15, 0.2) is 0 Å². The third kappa shape index (κ3) is 3.56. The van der Waals surface area contributed by atoms with Gasteiger partial charge in [0.1, 0.15) is 22.9 Å². The summed E-state index contributed by atoms with van der Waals surface area (Å²) < 4.78 is 12.6. The lowest BCUT2D eigenvalue weighted by molar-refractivity contribution is -0.111. The number of aryl methyl sites for hydroxylation is 1. The van der Waals surface area contributed by atoms with E-state index in [-0.39, 0.29) is 5.91 Å². The molecule has 8 nitrogen and oxygen atoms in total. The largest absolute Gasteiger partial charge is 0.497 e. The molecule has 1 atom stereocenters. The lowest BCUT2D eigenvalue weighted by Crippen LogP contribution is -2.13. The van der Waals surface area contributed by atoms with Gasteiger partial charge in [0.25, 0.3) is 0 Å². The second-order valence-corrected chi connectivity index (χ2v) is 7.34. The molecule has 2 heterocycles. The van der Waals surface area contributed by atoms with Gasteiger partial charge < -0.3 is 14.8 Å². The van der Waals surface area contributed by atoms with Crippen LogP contribution in [0.25, 0.3) is 11.4 Å². The highest BCUT2D eigenvalue weighted by atomic mass is 16.5. The van der Waals surface area contributed by atoms with Crippen LogP contribution in [0.5, 0.6) is 11.5 Å². The van der Waals surface area contributed by atoms with E-state index in [1.54, 1.807) is 25.1 Å². The third-order valence-electron chi connectivity index (χ3n) is 5.60. The zero-order valence-corrected chi connectivity index (χ0v) is 17.4. The molecule has 2 N–H and O–H groups in total. The number of H-pyrrole nitrogens is 1. The maximum atomic E-state index is 11.8. The molecule has 8 heteroatoms. The first-order valence-electron chi connectivity index (χ1n) is 9.79. The van der Waals surface area contributed by atoms with Crippen LogP contribution in [0.4, 0.5) is 5.69 Å². The minimum absolute atomic E-state index is 0.277. The summed E-state index contributed by atoms with van der Waals surface area (Å²) in [6.07, 6.45) is 5.55. The number of amides is 1. The lowest BCUT2D eigenvalue weighted by Gasteiger charge is -2.23. The molecule has 0 fully saturated rings. The van der Waals surface area contributed by atoms with Gasteiger partial charge >= 0.3 is 0 Å². The van der Waals surface area contributed by atoms with Crippen molar-refractivity contribution in [3.05, 3.63) is 53.9 Å². The number of nitrogens with one attached hydrogen (secondary N) is 2. The van der Waals surface area contributed by atoms with Crippen molar-refractivity contribution >= 4 is 11.6 Å². The van der Waals surface area contributed by atoms with Crippen LogP contribution in [0.15, 0.2) is 37.1 Å². The summed E-state index contributed by atoms with van der Waals surface area (Å²) in [6.45, 7) is 3.51. The zero-order valence-electron chi connectivity index (χ0n) is 17.4. The number of carbonyl (C=O) groups is 1. The molecule has 1 aliphatic carbocycles. The summed E-state index contributed by atoms with van der Waals surface area (Å²) in [5.74, 6) is 1.64. The van der Waals surface area contributed by atoms with Crippen molar-refractivity contribution in [1.29, 1.82) is 0 Å². The number of carbonyl (C=O) groups excluding carboxylic acids is 1. The second-order valence-electron chi connectivity index (χ2n) is 7.34. The van der Waals surface area contributed by atoms with Gasteiger partial charge in [-0.15, -0.1) is 0 Å². The number of nitrogens with zero attached hydrogens (tertiary/aromatic N) is 3. The Balaban J connectivity index is 1.65. The average molecular weight is 407 g/mol. The van der Waals surface area contributed by atoms with Crippen LogP contribution in [0.1, 0.15) is 29.2 Å². The van der Waals surface area contributed by atoms with Crippen LogP contribution in [0, 0.1) is 0 Å². The van der Waals surface area contributed by atoms with Crippen molar-refractivity contribution in [1.82, 2.24) is 20.0 Å². The number of anilines is 1. The maximum Gasteiger partial charge on any atom is 0.247 e. The molecule has 4 rings (SSSR count). The second kappa shape index (κ2) is 8.06. The van der Waals surface area contributed by atoms with Gasteiger partial charge in [-0.25, -0.2) is 0 Å². The lowest BCUT2D eigenvalue weighted by atomic mass is 9.82. The van der Waals surface area contributed by atoms with Crippen LogP contribution in [-0.4, -0.2) is 40.1 Å². The highest BCUT2D eigenvalue weighted by Gasteiger charge is 2.28. The summed E-state index contributed by atoms with van der Waals surface area (Å²) in [6, 6.07) is 6.02. The molecular formula is C22H25N5O3. The third-order valence-corrected chi connectivity index (χ3v) is 5.60. The monoisotopic (exact) mass is 407 g/mol. The summed E-state index contributed by atoms with van der Waals surface area (Å²) in [5.41, 5.74) is 5.68. The van der Waals surface area contributed by atoms with Gasteiger partial charge in [-0.1, -0.05) is 6.58 Å². The molecule has 0 radical (unpaired) electrons. The minimum atomic E-state index is -0.277. The van der Waals surface area contributed by atoms with E-state index < -0.39 is 0 Å². The number of benzene rings is 1. The van der Waals surface area contributed by atoms with Crippen LogP contribution in [-0.2, 0) is 24.7 Å². The summed E-state index contributed by atoms with van der Waals surface area (Å²) in [5, 5.41) is 14.9. The highest BCUT2D eigenvalue weighted by molar-refractivity contribution is 6.01. The van der Waals surface area contributed by atoms with Gasteiger partial charge in [-0.2, -0.15) is 10.2 Å².